The van der Waals surface area contributed by atoms with Crippen LogP contribution in [0.3, 0.4) is 0 Å². The van der Waals surface area contributed by atoms with Gasteiger partial charge in [0.2, 0.25) is 0 Å². The molecular formula is C12H9FO2. The Morgan fingerprint density at radius 3 is 2.87 bits per heavy atom. The minimum Gasteiger partial charge on any atom is -0.302 e. The molecule has 0 N–H and O–H groups in total. The van der Waals surface area contributed by atoms with Gasteiger partial charge in [0.15, 0.2) is 5.78 Å². The van der Waals surface area contributed by atoms with Crippen LogP contribution in [0.25, 0.3) is 0 Å². The predicted octanol–water partition coefficient (Wildman–Crippen LogP) is 1.97. The summed E-state index contributed by atoms with van der Waals surface area (Å²) < 4.78 is 12.8. The number of hydrogen-bond donors (Lipinski definition) is 0. The number of rotatable bonds is 2. The molecule has 0 unspecified atom stereocenters. The Morgan fingerprint density at radius 1 is 1.53 bits per heavy atom. The normalized spacial score (nSPS) is 8.93. The molecule has 76 valence electrons. The number of Topliss-reactive ketones (excluding diaryl/α,β-unsaturated/α-hetero) is 1. The molecule has 0 aliphatic rings. The summed E-state index contributed by atoms with van der Waals surface area (Å²) >= 11 is 0. The Kier molecular flexibility index (Phi) is 3.75. The Balaban J connectivity index is 3.13. The molecule has 1 rings (SSSR count). The quantitative estimate of drug-likeness (QED) is 0.419. The molecule has 0 spiro atoms. The largest absolute Gasteiger partial charge is 0.302 e. The van der Waals surface area contributed by atoms with E-state index in [2.05, 4.69) is 11.8 Å². The van der Waals surface area contributed by atoms with Crippen molar-refractivity contribution in [2.75, 3.05) is 0 Å². The van der Waals surface area contributed by atoms with Gasteiger partial charge in [0, 0.05) is 11.1 Å². The van der Waals surface area contributed by atoms with Crippen LogP contribution in [-0.4, -0.2) is 12.1 Å². The monoisotopic (exact) mass is 204 g/mol. The van der Waals surface area contributed by atoms with Crippen LogP contribution < -0.4 is 0 Å². The second-order valence-electron chi connectivity index (χ2n) is 2.92. The highest BCUT2D eigenvalue weighted by Gasteiger charge is 2.06. The van der Waals surface area contributed by atoms with Gasteiger partial charge in [-0.3, -0.25) is 4.79 Å². The van der Waals surface area contributed by atoms with Gasteiger partial charge in [0.25, 0.3) is 0 Å². The van der Waals surface area contributed by atoms with Crippen molar-refractivity contribution in [1.29, 1.82) is 0 Å². The molecule has 0 heterocycles. The molecule has 1 aromatic carbocycles. The van der Waals surface area contributed by atoms with E-state index in [0.29, 0.717) is 11.8 Å². The van der Waals surface area contributed by atoms with E-state index in [4.69, 9.17) is 0 Å². The lowest BCUT2D eigenvalue weighted by molar-refractivity contribution is -0.107. The summed E-state index contributed by atoms with van der Waals surface area (Å²) in [5.41, 5.74) is 0.694. The molecule has 15 heavy (non-hydrogen) atoms. The van der Waals surface area contributed by atoms with Crippen molar-refractivity contribution in [2.45, 2.75) is 13.3 Å². The molecule has 1 aromatic rings. The molecular weight excluding hydrogens is 195 g/mol. The zero-order valence-corrected chi connectivity index (χ0v) is 8.21. The summed E-state index contributed by atoms with van der Waals surface area (Å²) in [4.78, 5) is 21.2. The third-order valence-corrected chi connectivity index (χ3v) is 1.77. The molecule has 3 heteroatoms. The lowest BCUT2D eigenvalue weighted by Gasteiger charge is -1.99. The summed E-state index contributed by atoms with van der Waals surface area (Å²) in [7, 11) is 0. The number of halogens is 1. The van der Waals surface area contributed by atoms with Gasteiger partial charge in [-0.2, -0.15) is 0 Å². The van der Waals surface area contributed by atoms with Gasteiger partial charge in [0.05, 0.1) is 6.42 Å². The first-order valence-electron chi connectivity index (χ1n) is 4.38. The first-order valence-corrected chi connectivity index (χ1v) is 4.38. The van der Waals surface area contributed by atoms with Gasteiger partial charge in [-0.1, -0.05) is 11.8 Å². The average molecular weight is 204 g/mol. The molecule has 0 saturated carbocycles. The highest BCUT2D eigenvalue weighted by Crippen LogP contribution is 2.10. The smallest absolute Gasteiger partial charge is 0.161 e. The molecule has 0 aliphatic carbocycles. The fourth-order valence-electron chi connectivity index (χ4n) is 1.10. The van der Waals surface area contributed by atoms with Gasteiger partial charge < -0.3 is 4.79 Å². The standard InChI is InChI=1S/C12H9FO2/c1-9(15)12-8-11(13)6-5-10(12)4-2-3-7-14/h5-8H,3H2,1H3. The van der Waals surface area contributed by atoms with Crippen LogP contribution in [0.15, 0.2) is 18.2 Å². The summed E-state index contributed by atoms with van der Waals surface area (Å²) in [6, 6.07) is 3.81. The highest BCUT2D eigenvalue weighted by molar-refractivity contribution is 5.96. The summed E-state index contributed by atoms with van der Waals surface area (Å²) in [6.45, 7) is 1.35. The van der Waals surface area contributed by atoms with Crippen LogP contribution in [0.5, 0.6) is 0 Å². The summed E-state index contributed by atoms with van der Waals surface area (Å²) in [5.74, 6) is 4.51. The van der Waals surface area contributed by atoms with Gasteiger partial charge in [-0.05, 0) is 25.1 Å². The van der Waals surface area contributed by atoms with E-state index in [0.717, 1.165) is 6.07 Å². The van der Waals surface area contributed by atoms with Gasteiger partial charge in [0.1, 0.15) is 12.1 Å². The number of aldehydes is 1. The Hall–Kier alpha value is -1.95. The van der Waals surface area contributed by atoms with E-state index in [1.54, 1.807) is 0 Å². The first kappa shape index (κ1) is 11.1. The fraction of sp³-hybridized carbons (Fsp3) is 0.167. The molecule has 0 aliphatic heterocycles. The van der Waals surface area contributed by atoms with Gasteiger partial charge >= 0.3 is 0 Å². The van der Waals surface area contributed by atoms with E-state index in [-0.39, 0.29) is 17.8 Å². The average Bonchev–Trinajstić information content (AvgIpc) is 2.20. The summed E-state index contributed by atoms with van der Waals surface area (Å²) in [6.07, 6.45) is 0.776. The Morgan fingerprint density at radius 2 is 2.27 bits per heavy atom. The molecule has 2 nitrogen and oxygen atoms in total. The Labute approximate surface area is 87.1 Å². The molecule has 0 radical (unpaired) electrons. The minimum absolute atomic E-state index is 0.106. The third kappa shape index (κ3) is 3.03. The minimum atomic E-state index is -0.471. The number of hydrogen-bond acceptors (Lipinski definition) is 2. The third-order valence-electron chi connectivity index (χ3n) is 1.77. The van der Waals surface area contributed by atoms with Crippen molar-refractivity contribution in [2.24, 2.45) is 0 Å². The second kappa shape index (κ2) is 5.06. The van der Waals surface area contributed by atoms with Crippen LogP contribution in [-0.2, 0) is 4.79 Å². The molecule has 0 aromatic heterocycles. The van der Waals surface area contributed by atoms with E-state index >= 15 is 0 Å². The SMILES string of the molecule is CC(=O)c1cc(F)ccc1C#CCC=O. The first-order chi connectivity index (χ1) is 7.15. The maximum Gasteiger partial charge on any atom is 0.161 e. The van der Waals surface area contributed by atoms with Crippen molar-refractivity contribution < 1.29 is 14.0 Å². The lowest BCUT2D eigenvalue weighted by atomic mass is 10.0. The second-order valence-corrected chi connectivity index (χ2v) is 2.92. The van der Waals surface area contributed by atoms with E-state index in [1.165, 1.54) is 19.1 Å². The number of benzene rings is 1. The van der Waals surface area contributed by atoms with Crippen molar-refractivity contribution in [3.05, 3.63) is 35.1 Å². The van der Waals surface area contributed by atoms with Crippen LogP contribution in [0.2, 0.25) is 0 Å². The van der Waals surface area contributed by atoms with Crippen LogP contribution in [0.4, 0.5) is 4.39 Å². The van der Waals surface area contributed by atoms with Crippen molar-refractivity contribution in [3.8, 4) is 11.8 Å². The fourth-order valence-corrected chi connectivity index (χ4v) is 1.10. The van der Waals surface area contributed by atoms with E-state index in [1.807, 2.05) is 0 Å². The maximum absolute atomic E-state index is 12.8. The van der Waals surface area contributed by atoms with Crippen LogP contribution in [0, 0.1) is 17.7 Å². The van der Waals surface area contributed by atoms with Crippen molar-refractivity contribution in [1.82, 2.24) is 0 Å². The zero-order chi connectivity index (χ0) is 11.3. The molecule has 0 fully saturated rings. The van der Waals surface area contributed by atoms with E-state index < -0.39 is 5.82 Å². The summed E-state index contributed by atoms with van der Waals surface area (Å²) in [5, 5.41) is 0. The van der Waals surface area contributed by atoms with Gasteiger partial charge in [-0.25, -0.2) is 4.39 Å². The number of ketones is 1. The topological polar surface area (TPSA) is 34.1 Å². The van der Waals surface area contributed by atoms with Crippen LogP contribution >= 0.6 is 0 Å². The van der Waals surface area contributed by atoms with Gasteiger partial charge in [-0.15, -0.1) is 0 Å². The van der Waals surface area contributed by atoms with Crippen molar-refractivity contribution >= 4 is 12.1 Å². The predicted molar refractivity (Wildman–Crippen MR) is 54.0 cm³/mol. The van der Waals surface area contributed by atoms with E-state index in [9.17, 15) is 14.0 Å². The lowest BCUT2D eigenvalue weighted by Crippen LogP contribution is -1.97. The highest BCUT2D eigenvalue weighted by atomic mass is 19.1. The number of carbonyl (C=O) groups is 2. The molecule has 0 bridgehead atoms. The molecule has 0 atom stereocenters. The van der Waals surface area contributed by atoms with Crippen LogP contribution in [0.1, 0.15) is 29.3 Å². The molecule has 0 amide bonds. The zero-order valence-electron chi connectivity index (χ0n) is 8.21. The Bertz CT molecular complexity index is 452. The van der Waals surface area contributed by atoms with Crippen molar-refractivity contribution in [3.63, 3.8) is 0 Å². The number of carbonyl (C=O) groups excluding carboxylic acids is 2. The maximum atomic E-state index is 12.8. The molecule has 0 saturated heterocycles.